The molecule has 2 aliphatic heterocycles. The standard InChI is InChI=1S/C25H32O10/c1-14-17(33-20(28)13-19(14)31-6)11-9-7-8-10-12-18-21(32-16(3)27)23(4)22(29)24(5,34-18)25(30,35-23)15(2)26/h7-13,15,18,21-22,26,29-30H,1-6H3/b8-7+,11-9+,12-10+/t15-,18+,21+,22-,23+,24-,25-/m1/s1. The van der Waals surface area contributed by atoms with Gasteiger partial charge < -0.3 is 38.7 Å². The molecule has 2 aliphatic rings. The van der Waals surface area contributed by atoms with Gasteiger partial charge in [-0.15, -0.1) is 0 Å². The summed E-state index contributed by atoms with van der Waals surface area (Å²) in [6.07, 6.45) is 5.01. The zero-order chi connectivity index (χ0) is 26.2. The van der Waals surface area contributed by atoms with E-state index in [2.05, 4.69) is 0 Å². The number of esters is 1. The number of carbonyl (C=O) groups is 1. The van der Waals surface area contributed by atoms with Crippen LogP contribution in [0.15, 0.2) is 45.7 Å². The first-order valence-electron chi connectivity index (χ1n) is 11.1. The van der Waals surface area contributed by atoms with E-state index >= 15 is 0 Å². The lowest BCUT2D eigenvalue weighted by Gasteiger charge is -2.47. The van der Waals surface area contributed by atoms with E-state index in [9.17, 15) is 24.9 Å². The van der Waals surface area contributed by atoms with E-state index in [0.29, 0.717) is 17.1 Å². The van der Waals surface area contributed by atoms with Gasteiger partial charge >= 0.3 is 11.6 Å². The molecule has 192 valence electrons. The smallest absolute Gasteiger partial charge is 0.339 e. The molecule has 3 N–H and O–H groups in total. The molecule has 0 unspecified atom stereocenters. The fourth-order valence-electron chi connectivity index (χ4n) is 4.64. The molecule has 1 aromatic rings. The lowest BCUT2D eigenvalue weighted by molar-refractivity contribution is -0.309. The van der Waals surface area contributed by atoms with Crippen LogP contribution in [0, 0.1) is 6.92 Å². The molecule has 0 amide bonds. The molecular weight excluding hydrogens is 460 g/mol. The van der Waals surface area contributed by atoms with Gasteiger partial charge in [0.1, 0.15) is 35.4 Å². The molecule has 3 heterocycles. The van der Waals surface area contributed by atoms with Crippen LogP contribution >= 0.6 is 0 Å². The molecule has 2 saturated heterocycles. The van der Waals surface area contributed by atoms with Crippen molar-refractivity contribution in [2.75, 3.05) is 7.11 Å². The summed E-state index contributed by atoms with van der Waals surface area (Å²) in [6, 6.07) is 1.27. The largest absolute Gasteiger partial charge is 0.496 e. The summed E-state index contributed by atoms with van der Waals surface area (Å²) in [4.78, 5) is 23.4. The summed E-state index contributed by atoms with van der Waals surface area (Å²) in [5.74, 6) is -2.08. The van der Waals surface area contributed by atoms with Crippen molar-refractivity contribution in [3.63, 3.8) is 0 Å². The summed E-state index contributed by atoms with van der Waals surface area (Å²) in [6.45, 7) is 7.22. The molecule has 35 heavy (non-hydrogen) atoms. The molecule has 3 rings (SSSR count). The van der Waals surface area contributed by atoms with E-state index in [4.69, 9.17) is 23.4 Å². The number of ether oxygens (including phenoxy) is 4. The van der Waals surface area contributed by atoms with Gasteiger partial charge in [0.15, 0.2) is 11.7 Å². The zero-order valence-corrected chi connectivity index (χ0v) is 20.6. The highest BCUT2D eigenvalue weighted by molar-refractivity contribution is 5.66. The van der Waals surface area contributed by atoms with Crippen LogP contribution in [0.25, 0.3) is 6.08 Å². The number of methoxy groups -OCH3 is 1. The first-order valence-corrected chi connectivity index (χ1v) is 11.1. The predicted molar refractivity (Wildman–Crippen MR) is 125 cm³/mol. The number of hydrogen-bond donors (Lipinski definition) is 3. The average molecular weight is 493 g/mol. The van der Waals surface area contributed by atoms with Crippen LogP contribution in [0.5, 0.6) is 5.75 Å². The second kappa shape index (κ2) is 9.71. The van der Waals surface area contributed by atoms with E-state index in [0.717, 1.165) is 0 Å². The highest BCUT2D eigenvalue weighted by atomic mass is 16.7. The zero-order valence-electron chi connectivity index (χ0n) is 20.6. The second-order valence-electron chi connectivity index (χ2n) is 9.03. The molecule has 2 fully saturated rings. The maximum absolute atomic E-state index is 11.8. The minimum Gasteiger partial charge on any atom is -0.496 e. The van der Waals surface area contributed by atoms with Crippen LogP contribution in [-0.2, 0) is 19.0 Å². The van der Waals surface area contributed by atoms with Crippen molar-refractivity contribution in [2.45, 2.75) is 76.0 Å². The number of aliphatic hydroxyl groups excluding tert-OH is 2. The summed E-state index contributed by atoms with van der Waals surface area (Å²) in [5.41, 5.74) is -3.11. The maximum atomic E-state index is 11.8. The van der Waals surface area contributed by atoms with Gasteiger partial charge in [0.25, 0.3) is 0 Å². The SMILES string of the molecule is COc1cc(=O)oc(/C=C/C=C/C=C/[C@@H]2O[C@]3(C)[C@H](O)[C@@](C)(O[C@]3(O)[C@@H](C)O)[C@H]2OC(C)=O)c1C. The fraction of sp³-hybridized carbons (Fsp3) is 0.520. The van der Waals surface area contributed by atoms with Crippen LogP contribution in [0.2, 0.25) is 0 Å². The van der Waals surface area contributed by atoms with E-state index in [1.165, 1.54) is 40.9 Å². The quantitative estimate of drug-likeness (QED) is 0.377. The van der Waals surface area contributed by atoms with Crippen molar-refractivity contribution < 1.29 is 43.5 Å². The Hall–Kier alpha value is -2.76. The Kier molecular flexibility index (Phi) is 7.45. The summed E-state index contributed by atoms with van der Waals surface area (Å²) >= 11 is 0. The van der Waals surface area contributed by atoms with Gasteiger partial charge in [-0.05, 0) is 33.8 Å². The van der Waals surface area contributed by atoms with E-state index < -0.39 is 53.0 Å². The fourth-order valence-corrected chi connectivity index (χ4v) is 4.64. The molecule has 10 nitrogen and oxygen atoms in total. The van der Waals surface area contributed by atoms with E-state index in [1.807, 2.05) is 0 Å². The average Bonchev–Trinajstić information content (AvgIpc) is 2.88. The number of fused-ring (bicyclic) bond motifs is 2. The third-order valence-electron chi connectivity index (χ3n) is 6.56. The van der Waals surface area contributed by atoms with Crippen LogP contribution in [0.4, 0.5) is 0 Å². The van der Waals surface area contributed by atoms with Crippen LogP contribution in [0.1, 0.15) is 39.0 Å². The Morgan fingerprint density at radius 2 is 1.89 bits per heavy atom. The molecule has 0 radical (unpaired) electrons. The third kappa shape index (κ3) is 4.60. The number of rotatable bonds is 7. The van der Waals surface area contributed by atoms with Gasteiger partial charge in [0, 0.05) is 12.5 Å². The predicted octanol–water partition coefficient (Wildman–Crippen LogP) is 1.39. The van der Waals surface area contributed by atoms with Crippen molar-refractivity contribution in [1.29, 1.82) is 0 Å². The Bertz CT molecular complexity index is 1100. The van der Waals surface area contributed by atoms with Crippen molar-refractivity contribution in [1.82, 2.24) is 0 Å². The lowest BCUT2D eigenvalue weighted by Crippen LogP contribution is -2.68. The minimum absolute atomic E-state index is 0.356. The van der Waals surface area contributed by atoms with Gasteiger partial charge in [-0.1, -0.05) is 30.4 Å². The molecule has 2 bridgehead atoms. The van der Waals surface area contributed by atoms with Gasteiger partial charge in [0.05, 0.1) is 13.2 Å². The van der Waals surface area contributed by atoms with Crippen LogP contribution in [-0.4, -0.2) is 69.8 Å². The Morgan fingerprint density at radius 3 is 2.49 bits per heavy atom. The third-order valence-corrected chi connectivity index (χ3v) is 6.56. The van der Waals surface area contributed by atoms with Crippen molar-refractivity contribution in [2.24, 2.45) is 0 Å². The molecular formula is C25H32O10. The molecule has 10 heteroatoms. The van der Waals surface area contributed by atoms with Crippen molar-refractivity contribution in [3.8, 4) is 5.75 Å². The summed E-state index contributed by atoms with van der Waals surface area (Å²) < 4.78 is 27.5. The normalized spacial score (nSPS) is 35.7. The Morgan fingerprint density at radius 1 is 1.23 bits per heavy atom. The Labute approximate surface area is 203 Å². The van der Waals surface area contributed by atoms with Crippen molar-refractivity contribution >= 4 is 12.0 Å². The van der Waals surface area contributed by atoms with Gasteiger partial charge in [-0.3, -0.25) is 4.79 Å². The molecule has 1 aromatic heterocycles. The highest BCUT2D eigenvalue weighted by Crippen LogP contribution is 2.55. The molecule has 0 saturated carbocycles. The van der Waals surface area contributed by atoms with Gasteiger partial charge in [-0.2, -0.15) is 0 Å². The molecule has 0 spiro atoms. The first kappa shape index (κ1) is 26.8. The van der Waals surface area contributed by atoms with E-state index in [-0.39, 0.29) is 0 Å². The minimum atomic E-state index is -2.24. The molecule has 0 aliphatic carbocycles. The molecule has 0 aromatic carbocycles. The maximum Gasteiger partial charge on any atom is 0.339 e. The van der Waals surface area contributed by atoms with E-state index in [1.54, 1.807) is 43.4 Å². The van der Waals surface area contributed by atoms with Crippen molar-refractivity contribution in [3.05, 3.63) is 58.2 Å². The molecule has 7 atom stereocenters. The van der Waals surface area contributed by atoms with Gasteiger partial charge in [-0.25, -0.2) is 4.79 Å². The monoisotopic (exact) mass is 492 g/mol. The summed E-state index contributed by atoms with van der Waals surface area (Å²) in [5, 5.41) is 32.2. The number of hydrogen-bond acceptors (Lipinski definition) is 10. The second-order valence-corrected chi connectivity index (χ2v) is 9.03. The highest BCUT2D eigenvalue weighted by Gasteiger charge is 2.77. The number of allylic oxidation sites excluding steroid dienone is 4. The topological polar surface area (TPSA) is 145 Å². The van der Waals surface area contributed by atoms with Gasteiger partial charge in [0.2, 0.25) is 5.79 Å². The number of carbonyl (C=O) groups excluding carboxylic acids is 1. The van der Waals surface area contributed by atoms with Crippen LogP contribution < -0.4 is 10.4 Å². The number of aliphatic hydroxyl groups is 3. The van der Waals surface area contributed by atoms with Crippen LogP contribution in [0.3, 0.4) is 0 Å². The summed E-state index contributed by atoms with van der Waals surface area (Å²) in [7, 11) is 1.47. The first-order chi connectivity index (χ1) is 16.3. The lowest BCUT2D eigenvalue weighted by atomic mass is 9.76. The Balaban J connectivity index is 1.84.